The van der Waals surface area contributed by atoms with Crippen LogP contribution in [-0.2, 0) is 20.9 Å². The van der Waals surface area contributed by atoms with Crippen molar-refractivity contribution < 1.29 is 23.5 Å². The normalized spacial score (nSPS) is 20.2. The van der Waals surface area contributed by atoms with Crippen molar-refractivity contribution >= 4 is 17.7 Å². The maximum Gasteiger partial charge on any atom is 0.292 e. The first kappa shape index (κ1) is 23.0. The maximum atomic E-state index is 13.4. The number of furan rings is 1. The first-order valence-electron chi connectivity index (χ1n) is 11.3. The van der Waals surface area contributed by atoms with Gasteiger partial charge < -0.3 is 19.4 Å². The number of ether oxygens (including phenoxy) is 1. The number of carbonyl (C=O) groups excluding carboxylic acids is 3. The molecule has 2 aliphatic rings. The van der Waals surface area contributed by atoms with Gasteiger partial charge in [-0.1, -0.05) is 51.1 Å². The number of benzene rings is 1. The van der Waals surface area contributed by atoms with Gasteiger partial charge in [0.15, 0.2) is 5.76 Å². The summed E-state index contributed by atoms with van der Waals surface area (Å²) in [5.74, 6) is -0.429. The monoisotopic (exact) mass is 453 g/mol. The summed E-state index contributed by atoms with van der Waals surface area (Å²) in [6, 6.07) is 12.1. The molecular weight excluding hydrogens is 422 g/mol. The lowest BCUT2D eigenvalue weighted by Crippen LogP contribution is -2.60. The van der Waals surface area contributed by atoms with E-state index in [2.05, 4.69) is 5.32 Å². The van der Waals surface area contributed by atoms with Crippen LogP contribution in [0.2, 0.25) is 0 Å². The van der Waals surface area contributed by atoms with Gasteiger partial charge in [-0.15, -0.1) is 0 Å². The number of hydrogen-bond donors (Lipinski definition) is 1. The number of rotatable bonds is 4. The van der Waals surface area contributed by atoms with Crippen molar-refractivity contribution in [2.75, 3.05) is 19.7 Å². The Hall–Kier alpha value is -3.13. The lowest BCUT2D eigenvalue weighted by Gasteiger charge is -2.45. The summed E-state index contributed by atoms with van der Waals surface area (Å²) < 4.78 is 11.5. The molecule has 4 rings (SSSR count). The van der Waals surface area contributed by atoms with Crippen molar-refractivity contribution in [2.45, 2.75) is 51.9 Å². The average molecular weight is 454 g/mol. The Morgan fingerprint density at radius 3 is 2.36 bits per heavy atom. The van der Waals surface area contributed by atoms with E-state index in [-0.39, 0.29) is 30.1 Å². The van der Waals surface area contributed by atoms with Crippen LogP contribution in [-0.4, -0.2) is 59.0 Å². The van der Waals surface area contributed by atoms with Crippen LogP contribution in [0.3, 0.4) is 0 Å². The minimum atomic E-state index is -0.951. The van der Waals surface area contributed by atoms with E-state index in [0.717, 1.165) is 5.56 Å². The third-order valence-electron chi connectivity index (χ3n) is 6.30. The molecular formula is C25H31N3O5. The van der Waals surface area contributed by atoms with Crippen molar-refractivity contribution in [3.63, 3.8) is 0 Å². The summed E-state index contributed by atoms with van der Waals surface area (Å²) in [7, 11) is 0. The highest BCUT2D eigenvalue weighted by atomic mass is 16.5. The van der Waals surface area contributed by atoms with E-state index in [1.807, 2.05) is 56.0 Å². The number of piperidine rings is 1. The fourth-order valence-electron chi connectivity index (χ4n) is 4.52. The second-order valence-electron chi connectivity index (χ2n) is 9.67. The van der Waals surface area contributed by atoms with Crippen molar-refractivity contribution in [1.82, 2.24) is 15.1 Å². The molecule has 0 bridgehead atoms. The van der Waals surface area contributed by atoms with Gasteiger partial charge in [-0.05, 0) is 17.7 Å². The van der Waals surface area contributed by atoms with Gasteiger partial charge in [0.25, 0.3) is 5.91 Å². The van der Waals surface area contributed by atoms with E-state index in [9.17, 15) is 14.4 Å². The molecule has 176 valence electrons. The molecule has 2 aliphatic heterocycles. The summed E-state index contributed by atoms with van der Waals surface area (Å²) in [5.41, 5.74) is -0.463. The van der Waals surface area contributed by atoms with Gasteiger partial charge in [0.2, 0.25) is 11.8 Å². The molecule has 2 aromatic rings. The molecule has 2 saturated heterocycles. The van der Waals surface area contributed by atoms with Crippen molar-refractivity contribution in [2.24, 2.45) is 5.41 Å². The van der Waals surface area contributed by atoms with E-state index < -0.39 is 17.2 Å². The Morgan fingerprint density at radius 1 is 1.06 bits per heavy atom. The highest BCUT2D eigenvalue weighted by molar-refractivity contribution is 5.96. The van der Waals surface area contributed by atoms with Gasteiger partial charge >= 0.3 is 0 Å². The molecule has 2 fully saturated rings. The van der Waals surface area contributed by atoms with E-state index in [0.29, 0.717) is 32.5 Å². The molecule has 8 heteroatoms. The summed E-state index contributed by atoms with van der Waals surface area (Å²) >= 11 is 0. The Bertz CT molecular complexity index is 989. The number of likely N-dealkylation sites (tertiary alicyclic amines) is 1. The first-order valence-corrected chi connectivity index (χ1v) is 11.3. The van der Waals surface area contributed by atoms with Crippen molar-refractivity contribution in [3.8, 4) is 0 Å². The van der Waals surface area contributed by atoms with Crippen LogP contribution in [0, 0.1) is 5.41 Å². The topological polar surface area (TPSA) is 92.1 Å². The zero-order valence-corrected chi connectivity index (χ0v) is 19.4. The van der Waals surface area contributed by atoms with Crippen molar-refractivity contribution in [1.29, 1.82) is 0 Å². The molecule has 1 N–H and O–H groups in total. The molecule has 1 spiro atoms. The highest BCUT2D eigenvalue weighted by Crippen LogP contribution is 2.39. The predicted octanol–water partition coefficient (Wildman–Crippen LogP) is 2.80. The molecule has 0 saturated carbocycles. The van der Waals surface area contributed by atoms with Gasteiger partial charge in [-0.25, -0.2) is 0 Å². The fourth-order valence-corrected chi connectivity index (χ4v) is 4.52. The predicted molar refractivity (Wildman–Crippen MR) is 121 cm³/mol. The van der Waals surface area contributed by atoms with Crippen molar-refractivity contribution in [3.05, 3.63) is 60.1 Å². The first-order chi connectivity index (χ1) is 15.7. The Morgan fingerprint density at radius 2 is 1.76 bits per heavy atom. The second-order valence-corrected chi connectivity index (χ2v) is 9.67. The van der Waals surface area contributed by atoms with Gasteiger partial charge in [-0.2, -0.15) is 0 Å². The van der Waals surface area contributed by atoms with Crippen LogP contribution in [0.1, 0.15) is 49.7 Å². The van der Waals surface area contributed by atoms with Crippen LogP contribution in [0.5, 0.6) is 0 Å². The average Bonchev–Trinajstić information content (AvgIpc) is 3.46. The summed E-state index contributed by atoms with van der Waals surface area (Å²) in [6.07, 6.45) is 2.30. The molecule has 0 aliphatic carbocycles. The number of nitrogens with zero attached hydrogens (tertiary/aromatic N) is 2. The maximum absolute atomic E-state index is 13.4. The Kier molecular flexibility index (Phi) is 6.30. The van der Waals surface area contributed by atoms with Gasteiger partial charge in [0, 0.05) is 37.9 Å². The molecule has 8 nitrogen and oxygen atoms in total. The summed E-state index contributed by atoms with van der Waals surface area (Å²) in [6.45, 7) is 7.05. The van der Waals surface area contributed by atoms with E-state index in [4.69, 9.17) is 9.15 Å². The van der Waals surface area contributed by atoms with Crippen LogP contribution in [0.25, 0.3) is 0 Å². The zero-order chi connectivity index (χ0) is 23.6. The lowest BCUT2D eigenvalue weighted by molar-refractivity contribution is -0.150. The lowest BCUT2D eigenvalue weighted by atomic mass is 9.91. The van der Waals surface area contributed by atoms with Crippen LogP contribution >= 0.6 is 0 Å². The number of nitrogens with one attached hydrogen (secondary N) is 1. The summed E-state index contributed by atoms with van der Waals surface area (Å²) in [4.78, 5) is 42.7. The van der Waals surface area contributed by atoms with Gasteiger partial charge in [0.05, 0.1) is 12.9 Å². The molecule has 3 amide bonds. The third-order valence-corrected chi connectivity index (χ3v) is 6.30. The summed E-state index contributed by atoms with van der Waals surface area (Å²) in [5, 5.41) is 2.93. The number of hydrogen-bond acceptors (Lipinski definition) is 5. The highest BCUT2D eigenvalue weighted by Gasteiger charge is 2.55. The number of amides is 3. The van der Waals surface area contributed by atoms with Crippen LogP contribution in [0.4, 0.5) is 0 Å². The fraction of sp³-hybridized carbons (Fsp3) is 0.480. The molecule has 3 heterocycles. The standard InChI is InChI=1S/C25H31N3O5/c1-24(2,3)23(31)27-13-11-25(12-14-27)28(22(30)20-10-7-15-32-20)19(17-33-25)21(29)26-16-18-8-5-4-6-9-18/h4-10,15,19H,11-14,16-17H2,1-3H3,(H,26,29). The van der Waals surface area contributed by atoms with Gasteiger partial charge in [0.1, 0.15) is 11.8 Å². The third kappa shape index (κ3) is 4.66. The minimum Gasteiger partial charge on any atom is -0.459 e. The van der Waals surface area contributed by atoms with Crippen LogP contribution in [0.15, 0.2) is 53.1 Å². The molecule has 33 heavy (non-hydrogen) atoms. The van der Waals surface area contributed by atoms with Crippen LogP contribution < -0.4 is 5.32 Å². The zero-order valence-electron chi connectivity index (χ0n) is 19.4. The molecule has 1 unspecified atom stereocenters. The largest absolute Gasteiger partial charge is 0.459 e. The quantitative estimate of drug-likeness (QED) is 0.769. The Labute approximate surface area is 193 Å². The molecule has 1 aromatic heterocycles. The minimum absolute atomic E-state index is 0.0661. The smallest absolute Gasteiger partial charge is 0.292 e. The Balaban J connectivity index is 1.53. The van der Waals surface area contributed by atoms with E-state index in [1.165, 1.54) is 11.2 Å². The molecule has 1 aromatic carbocycles. The SMILES string of the molecule is CC(C)(C)C(=O)N1CCC2(CC1)OCC(C(=O)NCc1ccccc1)N2C(=O)c1ccco1. The molecule has 1 atom stereocenters. The van der Waals surface area contributed by atoms with E-state index >= 15 is 0 Å². The number of carbonyl (C=O) groups is 3. The molecule has 0 radical (unpaired) electrons. The van der Waals surface area contributed by atoms with E-state index in [1.54, 1.807) is 12.1 Å². The second kappa shape index (κ2) is 9.02. The van der Waals surface area contributed by atoms with Gasteiger partial charge in [-0.3, -0.25) is 19.3 Å².